The molecule has 1 atom stereocenters. The van der Waals surface area contributed by atoms with E-state index in [9.17, 15) is 15.0 Å². The van der Waals surface area contributed by atoms with Crippen LogP contribution in [0.3, 0.4) is 0 Å². The van der Waals surface area contributed by atoms with Crippen LogP contribution in [0.2, 0.25) is 0 Å². The lowest BCUT2D eigenvalue weighted by molar-refractivity contribution is -0.120. The average Bonchev–Trinajstić information content (AvgIpc) is 2.57. The summed E-state index contributed by atoms with van der Waals surface area (Å²) in [5, 5.41) is 19.6. The van der Waals surface area contributed by atoms with E-state index in [1.165, 1.54) is 0 Å². The molecule has 0 spiro atoms. The van der Waals surface area contributed by atoms with Crippen molar-refractivity contribution < 1.29 is 15.0 Å². The van der Waals surface area contributed by atoms with Crippen LogP contribution >= 0.6 is 0 Å². The maximum Gasteiger partial charge on any atom is 0.260 e. The van der Waals surface area contributed by atoms with Gasteiger partial charge in [0.2, 0.25) is 0 Å². The number of amidine groups is 1. The molecule has 1 unspecified atom stereocenters. The highest BCUT2D eigenvalue weighted by molar-refractivity contribution is 6.02. The SMILES string of the molecule is O=C1CN=C(C2=CCN(CC(O)c3ccc(O)cc3)CC2)NN1. The third-order valence-corrected chi connectivity index (χ3v) is 4.01. The fraction of sp³-hybridized carbons (Fsp3) is 0.375. The number of aliphatic hydroxyl groups is 1. The van der Waals surface area contributed by atoms with Crippen molar-refractivity contribution in [3.63, 3.8) is 0 Å². The monoisotopic (exact) mass is 316 g/mol. The van der Waals surface area contributed by atoms with Gasteiger partial charge in [-0.05, 0) is 29.7 Å². The summed E-state index contributed by atoms with van der Waals surface area (Å²) in [6.45, 7) is 2.23. The van der Waals surface area contributed by atoms with Crippen LogP contribution in [-0.4, -0.2) is 53.0 Å². The highest BCUT2D eigenvalue weighted by atomic mass is 16.3. The molecule has 0 aromatic heterocycles. The van der Waals surface area contributed by atoms with E-state index in [0.717, 1.165) is 36.5 Å². The summed E-state index contributed by atoms with van der Waals surface area (Å²) in [4.78, 5) is 17.4. The van der Waals surface area contributed by atoms with Gasteiger partial charge in [0.05, 0.1) is 6.10 Å². The Morgan fingerprint density at radius 2 is 2.04 bits per heavy atom. The summed E-state index contributed by atoms with van der Waals surface area (Å²) < 4.78 is 0. The first-order valence-corrected chi connectivity index (χ1v) is 7.60. The van der Waals surface area contributed by atoms with Gasteiger partial charge in [0, 0.05) is 19.6 Å². The van der Waals surface area contributed by atoms with Gasteiger partial charge in [-0.3, -0.25) is 25.5 Å². The van der Waals surface area contributed by atoms with Crippen LogP contribution in [-0.2, 0) is 4.79 Å². The molecule has 23 heavy (non-hydrogen) atoms. The summed E-state index contributed by atoms with van der Waals surface area (Å²) in [7, 11) is 0. The number of phenolic OH excluding ortho intramolecular Hbond substituents is 1. The molecule has 1 aromatic rings. The number of hydrogen-bond donors (Lipinski definition) is 4. The minimum Gasteiger partial charge on any atom is -0.508 e. The molecular weight excluding hydrogens is 296 g/mol. The van der Waals surface area contributed by atoms with Gasteiger partial charge in [-0.2, -0.15) is 0 Å². The number of amides is 1. The molecule has 2 aliphatic rings. The first kappa shape index (κ1) is 15.5. The number of β-amino-alcohol motifs (C(OH)–C–C–N with tert-alkyl or cyclic N) is 1. The lowest BCUT2D eigenvalue weighted by Crippen LogP contribution is -2.48. The molecule has 4 N–H and O–H groups in total. The summed E-state index contributed by atoms with van der Waals surface area (Å²) in [5.41, 5.74) is 7.25. The molecule has 122 valence electrons. The second-order valence-corrected chi connectivity index (χ2v) is 5.68. The lowest BCUT2D eigenvalue weighted by Gasteiger charge is -2.29. The van der Waals surface area contributed by atoms with Crippen molar-refractivity contribution >= 4 is 11.7 Å². The second-order valence-electron chi connectivity index (χ2n) is 5.68. The number of nitrogens with zero attached hydrogens (tertiary/aromatic N) is 2. The topological polar surface area (TPSA) is 97.2 Å². The van der Waals surface area contributed by atoms with Crippen LogP contribution < -0.4 is 10.9 Å². The number of carbonyl (C=O) groups is 1. The van der Waals surface area contributed by atoms with E-state index in [4.69, 9.17) is 0 Å². The zero-order valence-corrected chi connectivity index (χ0v) is 12.7. The molecule has 1 amide bonds. The zero-order chi connectivity index (χ0) is 16.2. The Morgan fingerprint density at radius 1 is 1.26 bits per heavy atom. The fourth-order valence-corrected chi connectivity index (χ4v) is 2.68. The van der Waals surface area contributed by atoms with E-state index in [-0.39, 0.29) is 18.2 Å². The number of aliphatic imine (C=N–C) groups is 1. The molecule has 0 aliphatic carbocycles. The van der Waals surface area contributed by atoms with E-state index >= 15 is 0 Å². The summed E-state index contributed by atoms with van der Waals surface area (Å²) in [6.07, 6.45) is 2.29. The standard InChI is InChI=1S/C16H20N4O3/c21-13-3-1-11(2-4-13)14(22)10-20-7-5-12(6-8-20)16-17-9-15(23)18-19-16/h1-5,14,21-22H,6-10H2,(H,17,19)(H,18,23). The van der Waals surface area contributed by atoms with E-state index in [0.29, 0.717) is 6.54 Å². The molecular formula is C16H20N4O3. The highest BCUT2D eigenvalue weighted by Gasteiger charge is 2.20. The van der Waals surface area contributed by atoms with Gasteiger partial charge in [-0.25, -0.2) is 0 Å². The number of benzene rings is 1. The van der Waals surface area contributed by atoms with Crippen molar-refractivity contribution in [2.45, 2.75) is 12.5 Å². The van der Waals surface area contributed by atoms with E-state index in [2.05, 4.69) is 26.8 Å². The maximum atomic E-state index is 11.1. The van der Waals surface area contributed by atoms with E-state index < -0.39 is 6.10 Å². The van der Waals surface area contributed by atoms with Gasteiger partial charge in [0.15, 0.2) is 0 Å². The Bertz CT molecular complexity index is 639. The zero-order valence-electron chi connectivity index (χ0n) is 12.7. The lowest BCUT2D eigenvalue weighted by atomic mass is 10.0. The minimum atomic E-state index is -0.588. The average molecular weight is 316 g/mol. The first-order valence-electron chi connectivity index (χ1n) is 7.60. The van der Waals surface area contributed by atoms with Gasteiger partial charge in [0.25, 0.3) is 5.91 Å². The predicted molar refractivity (Wildman–Crippen MR) is 85.8 cm³/mol. The van der Waals surface area contributed by atoms with Crippen molar-refractivity contribution in [3.8, 4) is 5.75 Å². The van der Waals surface area contributed by atoms with Crippen LogP contribution in [0.1, 0.15) is 18.1 Å². The number of hydrogen-bond acceptors (Lipinski definition) is 6. The first-order chi connectivity index (χ1) is 11.1. The van der Waals surface area contributed by atoms with Gasteiger partial charge in [-0.15, -0.1) is 0 Å². The molecule has 0 saturated carbocycles. The molecule has 0 saturated heterocycles. The number of aromatic hydroxyl groups is 1. The fourth-order valence-electron chi connectivity index (χ4n) is 2.68. The summed E-state index contributed by atoms with van der Waals surface area (Å²) >= 11 is 0. The molecule has 7 nitrogen and oxygen atoms in total. The van der Waals surface area contributed by atoms with Crippen LogP contribution in [0.15, 0.2) is 40.9 Å². The quantitative estimate of drug-likeness (QED) is 0.631. The Labute approximate surface area is 134 Å². The second kappa shape index (κ2) is 6.80. The Balaban J connectivity index is 1.56. The molecule has 1 aromatic carbocycles. The van der Waals surface area contributed by atoms with E-state index in [1.807, 2.05) is 0 Å². The normalized spacial score (nSPS) is 20.1. The van der Waals surface area contributed by atoms with Crippen LogP contribution in [0, 0.1) is 0 Å². The van der Waals surface area contributed by atoms with Crippen LogP contribution in [0.25, 0.3) is 0 Å². The molecule has 0 fully saturated rings. The largest absolute Gasteiger partial charge is 0.508 e. The molecule has 7 heteroatoms. The van der Waals surface area contributed by atoms with Gasteiger partial charge in [-0.1, -0.05) is 18.2 Å². The Kier molecular flexibility index (Phi) is 4.59. The van der Waals surface area contributed by atoms with Crippen molar-refractivity contribution in [1.29, 1.82) is 0 Å². The van der Waals surface area contributed by atoms with Gasteiger partial charge < -0.3 is 10.2 Å². The van der Waals surface area contributed by atoms with Crippen molar-refractivity contribution in [3.05, 3.63) is 41.5 Å². The number of nitrogens with one attached hydrogen (secondary N) is 2. The number of hydrazine groups is 1. The maximum absolute atomic E-state index is 11.1. The third kappa shape index (κ3) is 3.88. The third-order valence-electron chi connectivity index (χ3n) is 4.01. The van der Waals surface area contributed by atoms with Gasteiger partial charge in [0.1, 0.15) is 18.1 Å². The van der Waals surface area contributed by atoms with Crippen LogP contribution in [0.4, 0.5) is 0 Å². The Hall–Kier alpha value is -2.38. The molecule has 3 rings (SSSR count). The van der Waals surface area contributed by atoms with Crippen molar-refractivity contribution in [1.82, 2.24) is 15.8 Å². The molecule has 0 bridgehead atoms. The smallest absolute Gasteiger partial charge is 0.260 e. The van der Waals surface area contributed by atoms with Crippen molar-refractivity contribution in [2.24, 2.45) is 4.99 Å². The molecule has 2 aliphatic heterocycles. The predicted octanol–water partition coefficient (Wildman–Crippen LogP) is 0.0906. The molecule has 0 radical (unpaired) electrons. The number of carbonyl (C=O) groups excluding carboxylic acids is 1. The van der Waals surface area contributed by atoms with E-state index in [1.54, 1.807) is 24.3 Å². The number of aliphatic hydroxyl groups excluding tert-OH is 1. The van der Waals surface area contributed by atoms with Gasteiger partial charge >= 0.3 is 0 Å². The summed E-state index contributed by atoms with van der Waals surface area (Å²) in [5.74, 6) is 0.784. The number of phenols is 1. The number of rotatable bonds is 4. The summed E-state index contributed by atoms with van der Waals surface area (Å²) in [6, 6.07) is 6.62. The molecule has 2 heterocycles. The highest BCUT2D eigenvalue weighted by Crippen LogP contribution is 2.20. The van der Waals surface area contributed by atoms with Crippen LogP contribution in [0.5, 0.6) is 5.75 Å². The minimum absolute atomic E-state index is 0.135. The Morgan fingerprint density at radius 3 is 2.65 bits per heavy atom. The van der Waals surface area contributed by atoms with Crippen molar-refractivity contribution in [2.75, 3.05) is 26.2 Å².